The molecule has 0 aliphatic carbocycles. The van der Waals surface area contributed by atoms with Crippen molar-refractivity contribution in [3.63, 3.8) is 0 Å². The minimum Gasteiger partial charge on any atom is -0.495 e. The van der Waals surface area contributed by atoms with Crippen LogP contribution in [-0.4, -0.2) is 83.8 Å². The fourth-order valence-electron chi connectivity index (χ4n) is 5.04. The summed E-state index contributed by atoms with van der Waals surface area (Å²) in [6.07, 6.45) is 4.66. The number of pyridine rings is 1. The number of aliphatic hydroxyl groups excluding tert-OH is 1. The van der Waals surface area contributed by atoms with Crippen molar-refractivity contribution in [3.8, 4) is 5.75 Å². The zero-order valence-corrected chi connectivity index (χ0v) is 22.8. The van der Waals surface area contributed by atoms with Crippen LogP contribution in [0.15, 0.2) is 78.1 Å². The van der Waals surface area contributed by atoms with Gasteiger partial charge < -0.3 is 20.1 Å². The van der Waals surface area contributed by atoms with E-state index < -0.39 is 10.0 Å². The summed E-state index contributed by atoms with van der Waals surface area (Å²) in [4.78, 5) is 17.9. The van der Waals surface area contributed by atoms with Gasteiger partial charge in [0, 0.05) is 73.8 Å². The van der Waals surface area contributed by atoms with E-state index in [0.29, 0.717) is 28.9 Å². The largest absolute Gasteiger partial charge is 0.495 e. The summed E-state index contributed by atoms with van der Waals surface area (Å²) in [5.41, 5.74) is 2.35. The molecular formula is C28H29N7O4S. The van der Waals surface area contributed by atoms with Crippen LogP contribution in [0.5, 0.6) is 5.75 Å². The van der Waals surface area contributed by atoms with Gasteiger partial charge in [-0.15, -0.1) is 0 Å². The van der Waals surface area contributed by atoms with Crippen molar-refractivity contribution in [2.45, 2.75) is 4.90 Å². The molecule has 40 heavy (non-hydrogen) atoms. The smallest absolute Gasteiger partial charge is 0.271 e. The van der Waals surface area contributed by atoms with E-state index in [2.05, 4.69) is 30.1 Å². The van der Waals surface area contributed by atoms with Gasteiger partial charge in [0.25, 0.3) is 10.0 Å². The van der Waals surface area contributed by atoms with Crippen LogP contribution in [0.1, 0.15) is 0 Å². The van der Waals surface area contributed by atoms with Crippen molar-refractivity contribution in [2.75, 3.05) is 56.7 Å². The van der Waals surface area contributed by atoms with Gasteiger partial charge in [-0.3, -0.25) is 9.88 Å². The Bertz CT molecular complexity index is 1780. The molecule has 1 aliphatic heterocycles. The Morgan fingerprint density at radius 3 is 2.62 bits per heavy atom. The molecule has 0 amide bonds. The number of para-hydroxylation sites is 1. The van der Waals surface area contributed by atoms with Crippen molar-refractivity contribution >= 4 is 49.3 Å². The Hall–Kier alpha value is -4.26. The molecule has 3 aromatic heterocycles. The van der Waals surface area contributed by atoms with Crippen molar-refractivity contribution in [3.05, 3.63) is 73.2 Å². The Morgan fingerprint density at radius 1 is 1.00 bits per heavy atom. The zero-order chi connectivity index (χ0) is 27.7. The molecule has 0 radical (unpaired) electrons. The number of nitrogens with one attached hydrogen (secondary N) is 1. The number of ether oxygens (including phenoxy) is 1. The van der Waals surface area contributed by atoms with E-state index in [1.54, 1.807) is 43.8 Å². The third-order valence-corrected chi connectivity index (χ3v) is 8.79. The number of hydrogen-bond donors (Lipinski definition) is 2. The van der Waals surface area contributed by atoms with Crippen molar-refractivity contribution in [1.82, 2.24) is 23.8 Å². The predicted molar refractivity (Wildman–Crippen MR) is 154 cm³/mol. The SMILES string of the molecule is COc1cc(Nc2ncc3ccn(S(=O)(=O)c4cccc5cccnc45)c3n2)ccc1N1CCN(CCO)CC1. The number of β-amino-alcohol motifs (C(OH)–C–C–N with tert-alkyl or cyclic N) is 1. The molecule has 11 nitrogen and oxygen atoms in total. The topological polar surface area (TPSA) is 126 Å². The Labute approximate surface area is 231 Å². The van der Waals surface area contributed by atoms with Crippen LogP contribution in [0.4, 0.5) is 17.3 Å². The first-order valence-electron chi connectivity index (χ1n) is 12.9. The number of piperazine rings is 1. The highest BCUT2D eigenvalue weighted by Gasteiger charge is 2.24. The normalized spacial score (nSPS) is 14.6. The molecule has 1 fully saturated rings. The summed E-state index contributed by atoms with van der Waals surface area (Å²) in [5.74, 6) is 0.960. The van der Waals surface area contributed by atoms with Crippen LogP contribution in [-0.2, 0) is 10.0 Å². The quantitative estimate of drug-likeness (QED) is 0.293. The third-order valence-electron chi connectivity index (χ3n) is 7.09. The summed E-state index contributed by atoms with van der Waals surface area (Å²) in [6, 6.07) is 16.1. The van der Waals surface area contributed by atoms with Gasteiger partial charge in [0.2, 0.25) is 5.95 Å². The van der Waals surface area contributed by atoms with Crippen molar-refractivity contribution < 1.29 is 18.3 Å². The fourth-order valence-corrected chi connectivity index (χ4v) is 6.51. The first kappa shape index (κ1) is 26.0. The van der Waals surface area contributed by atoms with Gasteiger partial charge in [-0.05, 0) is 30.3 Å². The van der Waals surface area contributed by atoms with Crippen LogP contribution in [0.2, 0.25) is 0 Å². The summed E-state index contributed by atoms with van der Waals surface area (Å²) in [5, 5.41) is 13.7. The Balaban J connectivity index is 1.28. The van der Waals surface area contributed by atoms with Crippen LogP contribution >= 0.6 is 0 Å². The first-order chi connectivity index (χ1) is 19.5. The minimum absolute atomic E-state index is 0.105. The summed E-state index contributed by atoms with van der Waals surface area (Å²) in [7, 11) is -2.35. The third kappa shape index (κ3) is 4.81. The van der Waals surface area contributed by atoms with Gasteiger partial charge in [0.05, 0.1) is 24.9 Å². The van der Waals surface area contributed by atoms with Gasteiger partial charge in [-0.2, -0.15) is 4.98 Å². The van der Waals surface area contributed by atoms with E-state index in [4.69, 9.17) is 4.74 Å². The molecule has 206 valence electrons. The van der Waals surface area contributed by atoms with E-state index in [1.807, 2.05) is 30.3 Å². The second kappa shape index (κ2) is 10.7. The monoisotopic (exact) mass is 559 g/mol. The maximum atomic E-state index is 13.7. The van der Waals surface area contributed by atoms with E-state index >= 15 is 0 Å². The molecule has 5 aromatic rings. The number of hydrogen-bond acceptors (Lipinski definition) is 10. The summed E-state index contributed by atoms with van der Waals surface area (Å²) >= 11 is 0. The summed E-state index contributed by atoms with van der Waals surface area (Å²) < 4.78 is 34.3. The zero-order valence-electron chi connectivity index (χ0n) is 21.9. The number of nitrogens with zero attached hydrogens (tertiary/aromatic N) is 6. The number of anilines is 3. The van der Waals surface area contributed by atoms with E-state index in [1.165, 1.54) is 10.2 Å². The minimum atomic E-state index is -3.98. The van der Waals surface area contributed by atoms with Crippen LogP contribution in [0.3, 0.4) is 0 Å². The maximum absolute atomic E-state index is 13.7. The Morgan fingerprint density at radius 2 is 1.82 bits per heavy atom. The van der Waals surface area contributed by atoms with Crippen LogP contribution in [0.25, 0.3) is 21.9 Å². The van der Waals surface area contributed by atoms with Gasteiger partial charge in [0.15, 0.2) is 5.65 Å². The van der Waals surface area contributed by atoms with Crippen molar-refractivity contribution in [1.29, 1.82) is 0 Å². The average Bonchev–Trinajstić information content (AvgIpc) is 3.42. The highest BCUT2D eigenvalue weighted by atomic mass is 32.2. The molecular weight excluding hydrogens is 530 g/mol. The van der Waals surface area contributed by atoms with Gasteiger partial charge >= 0.3 is 0 Å². The molecule has 0 bridgehead atoms. The van der Waals surface area contributed by atoms with Crippen LogP contribution < -0.4 is 15.0 Å². The van der Waals surface area contributed by atoms with E-state index in [0.717, 1.165) is 37.3 Å². The number of methoxy groups -OCH3 is 1. The Kier molecular flexibility index (Phi) is 6.96. The maximum Gasteiger partial charge on any atom is 0.271 e. The summed E-state index contributed by atoms with van der Waals surface area (Å²) in [6.45, 7) is 4.25. The molecule has 12 heteroatoms. The second-order valence-electron chi connectivity index (χ2n) is 9.48. The fraction of sp³-hybridized carbons (Fsp3) is 0.250. The second-order valence-corrected chi connectivity index (χ2v) is 11.3. The average molecular weight is 560 g/mol. The first-order valence-corrected chi connectivity index (χ1v) is 14.4. The standard InChI is InChI=1S/C28H29N7O4S/c1-39-24-18-22(7-8-23(24)34-14-12-33(13-15-34)16-17-36)31-28-30-19-21-9-11-35(27(21)32-28)40(37,38)25-6-2-4-20-5-3-10-29-26(20)25/h2-11,18-19,36H,12-17H2,1H3,(H,30,31,32). The molecule has 0 saturated carbocycles. The van der Waals surface area contributed by atoms with Gasteiger partial charge in [-0.25, -0.2) is 17.4 Å². The highest BCUT2D eigenvalue weighted by Crippen LogP contribution is 2.33. The lowest BCUT2D eigenvalue weighted by molar-refractivity contribution is 0.188. The van der Waals surface area contributed by atoms with Gasteiger partial charge in [0.1, 0.15) is 10.6 Å². The molecule has 4 heterocycles. The number of rotatable bonds is 8. The lowest BCUT2D eigenvalue weighted by atomic mass is 10.2. The van der Waals surface area contributed by atoms with Crippen LogP contribution in [0, 0.1) is 0 Å². The van der Waals surface area contributed by atoms with Gasteiger partial charge in [-0.1, -0.05) is 18.2 Å². The molecule has 0 unspecified atom stereocenters. The number of benzene rings is 2. The number of aliphatic hydroxyl groups is 1. The number of aromatic nitrogens is 4. The highest BCUT2D eigenvalue weighted by molar-refractivity contribution is 7.90. The lowest BCUT2D eigenvalue weighted by Gasteiger charge is -2.36. The van der Waals surface area contributed by atoms with E-state index in [-0.39, 0.29) is 23.1 Å². The molecule has 6 rings (SSSR count). The van der Waals surface area contributed by atoms with E-state index in [9.17, 15) is 13.5 Å². The molecule has 0 spiro atoms. The molecule has 2 N–H and O–H groups in total. The molecule has 2 aromatic carbocycles. The number of fused-ring (bicyclic) bond motifs is 2. The predicted octanol–water partition coefficient (Wildman–Crippen LogP) is 3.08. The van der Waals surface area contributed by atoms with Crippen molar-refractivity contribution in [2.24, 2.45) is 0 Å². The molecule has 1 aliphatic rings. The lowest BCUT2D eigenvalue weighted by Crippen LogP contribution is -2.47. The molecule has 0 atom stereocenters. The molecule has 1 saturated heterocycles.